The smallest absolute Gasteiger partial charge is 0.307 e. The molecule has 0 aromatic heterocycles. The number of nitrogens with zero attached hydrogens (tertiary/aromatic N) is 2. The van der Waals surface area contributed by atoms with Gasteiger partial charge in [0.1, 0.15) is 6.10 Å². The summed E-state index contributed by atoms with van der Waals surface area (Å²) in [6, 6.07) is 0. The minimum absolute atomic E-state index is 0.0186. The van der Waals surface area contributed by atoms with Crippen molar-refractivity contribution < 1.29 is 24.2 Å². The van der Waals surface area contributed by atoms with Crippen LogP contribution in [0.15, 0.2) is 11.1 Å². The summed E-state index contributed by atoms with van der Waals surface area (Å²) in [7, 11) is 0. The Morgan fingerprint density at radius 2 is 1.46 bits per heavy atom. The fourth-order valence-electron chi connectivity index (χ4n) is 4.17. The maximum atomic E-state index is 13.0. The van der Waals surface area contributed by atoms with E-state index in [0.717, 1.165) is 24.0 Å². The highest BCUT2D eigenvalue weighted by Crippen LogP contribution is 2.35. The molecule has 0 bridgehead atoms. The standard InChI is InChI=1S/C19H28N2O5/c1-12-10-14(15(19(24)25)11-13(12)2)17(22)20-5-7-21(8-6-20)18(23)16-4-3-9-26-16/h14-16H,3-11H2,1-2H3,(H,24,25). The monoisotopic (exact) mass is 364 g/mol. The summed E-state index contributed by atoms with van der Waals surface area (Å²) in [6.07, 6.45) is 2.30. The van der Waals surface area contributed by atoms with Crippen LogP contribution in [0.3, 0.4) is 0 Å². The van der Waals surface area contributed by atoms with Gasteiger partial charge in [-0.1, -0.05) is 11.1 Å². The molecule has 3 rings (SSSR count). The number of rotatable bonds is 3. The highest BCUT2D eigenvalue weighted by atomic mass is 16.5. The molecule has 0 aromatic carbocycles. The second-order valence-electron chi connectivity index (χ2n) is 7.67. The third kappa shape index (κ3) is 3.77. The summed E-state index contributed by atoms with van der Waals surface area (Å²) in [5, 5.41) is 9.54. The van der Waals surface area contributed by atoms with E-state index >= 15 is 0 Å². The zero-order valence-corrected chi connectivity index (χ0v) is 15.6. The van der Waals surface area contributed by atoms with Gasteiger partial charge >= 0.3 is 5.97 Å². The molecule has 2 heterocycles. The Hall–Kier alpha value is -1.89. The van der Waals surface area contributed by atoms with Gasteiger partial charge in [0.25, 0.3) is 5.91 Å². The van der Waals surface area contributed by atoms with E-state index in [0.29, 0.717) is 45.6 Å². The molecule has 1 N–H and O–H groups in total. The van der Waals surface area contributed by atoms with Gasteiger partial charge in [0, 0.05) is 32.8 Å². The van der Waals surface area contributed by atoms with Crippen molar-refractivity contribution in [2.24, 2.45) is 11.8 Å². The largest absolute Gasteiger partial charge is 0.481 e. The summed E-state index contributed by atoms with van der Waals surface area (Å²) in [4.78, 5) is 40.5. The zero-order chi connectivity index (χ0) is 18.8. The number of hydrogen-bond donors (Lipinski definition) is 1. The Labute approximate surface area is 154 Å². The van der Waals surface area contributed by atoms with E-state index in [1.54, 1.807) is 9.80 Å². The molecule has 1 aliphatic carbocycles. The molecule has 3 unspecified atom stereocenters. The predicted octanol–water partition coefficient (Wildman–Crippen LogP) is 1.28. The molecule has 0 spiro atoms. The summed E-state index contributed by atoms with van der Waals surface area (Å²) in [6.45, 7) is 6.46. The maximum Gasteiger partial charge on any atom is 0.307 e. The van der Waals surface area contributed by atoms with Crippen molar-refractivity contribution in [1.82, 2.24) is 9.80 Å². The van der Waals surface area contributed by atoms with Crippen LogP contribution in [0.2, 0.25) is 0 Å². The lowest BCUT2D eigenvalue weighted by atomic mass is 9.76. The van der Waals surface area contributed by atoms with Crippen molar-refractivity contribution in [2.75, 3.05) is 32.8 Å². The van der Waals surface area contributed by atoms with Crippen LogP contribution in [0.4, 0.5) is 0 Å². The molecule has 0 aromatic rings. The first-order valence-electron chi connectivity index (χ1n) is 9.45. The molecule has 0 saturated carbocycles. The van der Waals surface area contributed by atoms with Gasteiger partial charge in [0.05, 0.1) is 11.8 Å². The quantitative estimate of drug-likeness (QED) is 0.763. The average molecular weight is 364 g/mol. The zero-order valence-electron chi connectivity index (χ0n) is 15.6. The molecule has 26 heavy (non-hydrogen) atoms. The van der Waals surface area contributed by atoms with Crippen LogP contribution in [0.5, 0.6) is 0 Å². The molecule has 3 atom stereocenters. The molecule has 2 saturated heterocycles. The molecule has 2 amide bonds. The van der Waals surface area contributed by atoms with E-state index in [4.69, 9.17) is 4.74 Å². The lowest BCUT2D eigenvalue weighted by Crippen LogP contribution is -2.55. The fourth-order valence-corrected chi connectivity index (χ4v) is 4.17. The van der Waals surface area contributed by atoms with E-state index in [2.05, 4.69) is 0 Å². The molecule has 0 radical (unpaired) electrons. The van der Waals surface area contributed by atoms with Crippen LogP contribution < -0.4 is 0 Å². The average Bonchev–Trinajstić information content (AvgIpc) is 3.17. The molecule has 7 heteroatoms. The Balaban J connectivity index is 1.60. The molecule has 144 valence electrons. The van der Waals surface area contributed by atoms with E-state index in [-0.39, 0.29) is 17.9 Å². The first-order valence-corrected chi connectivity index (χ1v) is 9.45. The predicted molar refractivity (Wildman–Crippen MR) is 94.4 cm³/mol. The number of allylic oxidation sites excluding steroid dienone is 2. The first-order chi connectivity index (χ1) is 12.4. The second-order valence-corrected chi connectivity index (χ2v) is 7.67. The van der Waals surface area contributed by atoms with Gasteiger partial charge in [-0.15, -0.1) is 0 Å². The summed E-state index contributed by atoms with van der Waals surface area (Å²) >= 11 is 0. The van der Waals surface area contributed by atoms with Gasteiger partial charge in [-0.25, -0.2) is 0 Å². The number of hydrogen-bond acceptors (Lipinski definition) is 4. The van der Waals surface area contributed by atoms with Crippen molar-refractivity contribution in [1.29, 1.82) is 0 Å². The number of aliphatic carboxylic acids is 1. The number of carbonyl (C=O) groups is 3. The van der Waals surface area contributed by atoms with Crippen LogP contribution in [0.25, 0.3) is 0 Å². The van der Waals surface area contributed by atoms with Crippen molar-refractivity contribution in [2.45, 2.75) is 45.6 Å². The first kappa shape index (κ1) is 18.9. The normalized spacial score (nSPS) is 29.8. The number of carboxylic acid groups (broad SMARTS) is 1. The lowest BCUT2D eigenvalue weighted by Gasteiger charge is -2.39. The number of carbonyl (C=O) groups excluding carboxylic acids is 2. The maximum absolute atomic E-state index is 13.0. The van der Waals surface area contributed by atoms with Crippen LogP contribution in [-0.4, -0.2) is 71.6 Å². The van der Waals surface area contributed by atoms with E-state index in [1.165, 1.54) is 0 Å². The van der Waals surface area contributed by atoms with Gasteiger partial charge < -0.3 is 19.6 Å². The van der Waals surface area contributed by atoms with E-state index in [1.807, 2.05) is 13.8 Å². The minimum atomic E-state index is -0.901. The minimum Gasteiger partial charge on any atom is -0.481 e. The molecular weight excluding hydrogens is 336 g/mol. The third-order valence-corrected chi connectivity index (χ3v) is 6.01. The van der Waals surface area contributed by atoms with Crippen LogP contribution in [0.1, 0.15) is 39.5 Å². The Bertz CT molecular complexity index is 615. The van der Waals surface area contributed by atoms with Crippen LogP contribution in [-0.2, 0) is 19.1 Å². The third-order valence-electron chi connectivity index (χ3n) is 6.01. The molecule has 7 nitrogen and oxygen atoms in total. The van der Waals surface area contributed by atoms with Gasteiger partial charge in [-0.05, 0) is 39.5 Å². The fraction of sp³-hybridized carbons (Fsp3) is 0.737. The van der Waals surface area contributed by atoms with Crippen molar-refractivity contribution in [3.05, 3.63) is 11.1 Å². The molecule has 3 aliphatic rings. The Kier molecular flexibility index (Phi) is 5.65. The summed E-state index contributed by atoms with van der Waals surface area (Å²) in [5.41, 5.74) is 2.20. The molecule has 2 aliphatic heterocycles. The van der Waals surface area contributed by atoms with Crippen molar-refractivity contribution in [3.63, 3.8) is 0 Å². The van der Waals surface area contributed by atoms with Crippen LogP contribution >= 0.6 is 0 Å². The SMILES string of the molecule is CC1=C(C)CC(C(=O)N2CCN(C(=O)C3CCCO3)CC2)C(C(=O)O)C1. The van der Waals surface area contributed by atoms with Crippen LogP contribution in [0, 0.1) is 11.8 Å². The van der Waals surface area contributed by atoms with Gasteiger partial charge in [0.2, 0.25) is 5.91 Å². The van der Waals surface area contributed by atoms with E-state index < -0.39 is 17.8 Å². The number of piperazine rings is 1. The topological polar surface area (TPSA) is 87.2 Å². The van der Waals surface area contributed by atoms with Gasteiger partial charge in [-0.2, -0.15) is 0 Å². The summed E-state index contributed by atoms with van der Waals surface area (Å²) < 4.78 is 5.46. The lowest BCUT2D eigenvalue weighted by molar-refractivity contribution is -0.153. The van der Waals surface area contributed by atoms with Crippen molar-refractivity contribution >= 4 is 17.8 Å². The molecule has 2 fully saturated rings. The number of amides is 2. The highest BCUT2D eigenvalue weighted by molar-refractivity contribution is 5.86. The second kappa shape index (κ2) is 7.78. The number of ether oxygens (including phenoxy) is 1. The number of carboxylic acids is 1. The van der Waals surface area contributed by atoms with Gasteiger partial charge in [0.15, 0.2) is 0 Å². The van der Waals surface area contributed by atoms with E-state index in [9.17, 15) is 19.5 Å². The Morgan fingerprint density at radius 1 is 0.923 bits per heavy atom. The van der Waals surface area contributed by atoms with Crippen molar-refractivity contribution in [3.8, 4) is 0 Å². The van der Waals surface area contributed by atoms with Gasteiger partial charge in [-0.3, -0.25) is 14.4 Å². The summed E-state index contributed by atoms with van der Waals surface area (Å²) in [5.74, 6) is -2.13. The highest BCUT2D eigenvalue weighted by Gasteiger charge is 2.40. The molecular formula is C19H28N2O5. The Morgan fingerprint density at radius 3 is 1.96 bits per heavy atom.